The van der Waals surface area contributed by atoms with Crippen molar-refractivity contribution in [2.75, 3.05) is 20.8 Å². The number of methoxy groups -OCH3 is 2. The lowest BCUT2D eigenvalue weighted by Gasteiger charge is -2.37. The second-order valence-electron chi connectivity index (χ2n) is 9.32. The molecule has 1 unspecified atom stereocenters. The Labute approximate surface area is 227 Å². The minimum atomic E-state index is -4.53. The SMILES string of the molecule is CCCCCCCCCCOP(=O)(O)OC(c1ccccc1)(c1ccccc1)c1cccc(OC)c1OC. The molecule has 0 radical (unpaired) electrons. The summed E-state index contributed by atoms with van der Waals surface area (Å²) < 4.78 is 36.7. The van der Waals surface area contributed by atoms with Crippen LogP contribution < -0.4 is 9.47 Å². The Morgan fingerprint density at radius 2 is 1.26 bits per heavy atom. The van der Waals surface area contributed by atoms with Gasteiger partial charge >= 0.3 is 7.82 Å². The van der Waals surface area contributed by atoms with Gasteiger partial charge in [-0.25, -0.2) is 4.57 Å². The average molecular weight is 541 g/mol. The van der Waals surface area contributed by atoms with Gasteiger partial charge < -0.3 is 14.4 Å². The summed E-state index contributed by atoms with van der Waals surface area (Å²) in [6.07, 6.45) is 8.89. The molecule has 0 spiro atoms. The van der Waals surface area contributed by atoms with Gasteiger partial charge in [-0.05, 0) is 23.6 Å². The van der Waals surface area contributed by atoms with Crippen LogP contribution in [0.2, 0.25) is 0 Å². The quantitative estimate of drug-likeness (QED) is 0.106. The summed E-state index contributed by atoms with van der Waals surface area (Å²) in [5, 5.41) is 0. The van der Waals surface area contributed by atoms with Gasteiger partial charge in [0.15, 0.2) is 17.1 Å². The molecule has 0 aliphatic rings. The van der Waals surface area contributed by atoms with E-state index in [0.717, 1.165) is 12.8 Å². The molecule has 38 heavy (non-hydrogen) atoms. The molecule has 0 aliphatic carbocycles. The Morgan fingerprint density at radius 1 is 0.711 bits per heavy atom. The molecule has 1 N–H and O–H groups in total. The van der Waals surface area contributed by atoms with E-state index in [2.05, 4.69) is 6.92 Å². The van der Waals surface area contributed by atoms with Crippen LogP contribution >= 0.6 is 7.82 Å². The summed E-state index contributed by atoms with van der Waals surface area (Å²) in [7, 11) is -1.44. The maximum absolute atomic E-state index is 13.5. The van der Waals surface area contributed by atoms with Gasteiger partial charge in [0, 0.05) is 5.56 Å². The zero-order valence-corrected chi connectivity index (χ0v) is 23.7. The van der Waals surface area contributed by atoms with Crippen molar-refractivity contribution in [3.63, 3.8) is 0 Å². The van der Waals surface area contributed by atoms with Crippen LogP contribution in [0.5, 0.6) is 11.5 Å². The minimum absolute atomic E-state index is 0.137. The molecule has 3 aromatic carbocycles. The lowest BCUT2D eigenvalue weighted by molar-refractivity contribution is 0.0724. The van der Waals surface area contributed by atoms with Crippen LogP contribution in [-0.4, -0.2) is 25.7 Å². The third-order valence-electron chi connectivity index (χ3n) is 6.65. The average Bonchev–Trinajstić information content (AvgIpc) is 2.95. The fraction of sp³-hybridized carbons (Fsp3) is 0.419. The largest absolute Gasteiger partial charge is 0.493 e. The number of unbranched alkanes of at least 4 members (excludes halogenated alkanes) is 7. The Bertz CT molecular complexity index is 1100. The summed E-state index contributed by atoms with van der Waals surface area (Å²) in [4.78, 5) is 11.1. The summed E-state index contributed by atoms with van der Waals surface area (Å²) in [6, 6.07) is 24.1. The van der Waals surface area contributed by atoms with E-state index in [1.165, 1.54) is 32.1 Å². The highest BCUT2D eigenvalue weighted by Gasteiger charge is 2.46. The molecule has 0 aromatic heterocycles. The van der Waals surface area contributed by atoms with Gasteiger partial charge in [-0.15, -0.1) is 0 Å². The van der Waals surface area contributed by atoms with E-state index in [1.807, 2.05) is 72.8 Å². The fourth-order valence-electron chi connectivity index (χ4n) is 4.76. The first-order valence-electron chi connectivity index (χ1n) is 13.5. The molecule has 0 heterocycles. The monoisotopic (exact) mass is 540 g/mol. The van der Waals surface area contributed by atoms with Gasteiger partial charge in [-0.3, -0.25) is 9.05 Å². The highest BCUT2D eigenvalue weighted by Crippen LogP contribution is 2.57. The summed E-state index contributed by atoms with van der Waals surface area (Å²) in [5.74, 6) is 0.892. The number of hydrogen-bond acceptors (Lipinski definition) is 5. The maximum atomic E-state index is 13.5. The smallest absolute Gasteiger partial charge is 0.473 e. The van der Waals surface area contributed by atoms with E-state index < -0.39 is 13.4 Å². The van der Waals surface area contributed by atoms with Crippen molar-refractivity contribution in [3.8, 4) is 11.5 Å². The Morgan fingerprint density at radius 3 is 1.79 bits per heavy atom. The molecule has 3 aromatic rings. The van der Waals surface area contributed by atoms with Crippen LogP contribution in [0.25, 0.3) is 0 Å². The molecule has 206 valence electrons. The van der Waals surface area contributed by atoms with Crippen LogP contribution in [-0.2, 0) is 19.2 Å². The Kier molecular flexibility index (Phi) is 11.9. The van der Waals surface area contributed by atoms with E-state index in [0.29, 0.717) is 34.6 Å². The van der Waals surface area contributed by atoms with Crippen LogP contribution in [0.3, 0.4) is 0 Å². The van der Waals surface area contributed by atoms with Gasteiger partial charge in [-0.2, -0.15) is 0 Å². The topological polar surface area (TPSA) is 74.2 Å². The zero-order valence-electron chi connectivity index (χ0n) is 22.8. The predicted octanol–water partition coefficient (Wildman–Crippen LogP) is 8.27. The molecule has 0 amide bonds. The molecule has 0 bridgehead atoms. The van der Waals surface area contributed by atoms with Gasteiger partial charge in [0.1, 0.15) is 0 Å². The van der Waals surface area contributed by atoms with Crippen LogP contribution in [0.15, 0.2) is 78.9 Å². The number of hydrogen-bond donors (Lipinski definition) is 1. The van der Waals surface area contributed by atoms with Gasteiger partial charge in [-0.1, -0.05) is 125 Å². The lowest BCUT2D eigenvalue weighted by atomic mass is 9.80. The molecule has 0 saturated heterocycles. The molecule has 0 saturated carbocycles. The van der Waals surface area contributed by atoms with Crippen molar-refractivity contribution >= 4 is 7.82 Å². The first kappa shape index (κ1) is 29.9. The Balaban J connectivity index is 1.94. The number of rotatable bonds is 17. The lowest BCUT2D eigenvalue weighted by Crippen LogP contribution is -2.33. The van der Waals surface area contributed by atoms with Crippen molar-refractivity contribution in [1.29, 1.82) is 0 Å². The summed E-state index contributed by atoms with van der Waals surface area (Å²) >= 11 is 0. The van der Waals surface area contributed by atoms with E-state index in [4.69, 9.17) is 18.5 Å². The number of para-hydroxylation sites is 1. The van der Waals surface area contributed by atoms with E-state index in [1.54, 1.807) is 20.3 Å². The number of ether oxygens (including phenoxy) is 2. The highest BCUT2D eigenvalue weighted by atomic mass is 31.2. The van der Waals surface area contributed by atoms with E-state index in [-0.39, 0.29) is 6.61 Å². The molecule has 6 nitrogen and oxygen atoms in total. The van der Waals surface area contributed by atoms with Crippen molar-refractivity contribution in [2.24, 2.45) is 0 Å². The maximum Gasteiger partial charge on any atom is 0.473 e. The van der Waals surface area contributed by atoms with Crippen LogP contribution in [0, 0.1) is 0 Å². The second kappa shape index (κ2) is 15.1. The summed E-state index contributed by atoms with van der Waals surface area (Å²) in [5.41, 5.74) is 0.332. The number of benzene rings is 3. The molecular weight excluding hydrogens is 499 g/mol. The van der Waals surface area contributed by atoms with Crippen molar-refractivity contribution in [1.82, 2.24) is 0 Å². The first-order chi connectivity index (χ1) is 18.5. The first-order valence-corrected chi connectivity index (χ1v) is 15.0. The van der Waals surface area contributed by atoms with Crippen molar-refractivity contribution in [2.45, 2.75) is 63.9 Å². The standard InChI is InChI=1S/C31H41O6P/c1-4-5-6-7-8-9-10-17-25-36-38(32,33)37-31(26-19-13-11-14-20-26,27-21-15-12-16-22-27)28-23-18-24-29(34-2)30(28)35-3/h11-16,18-24H,4-10,17,25H2,1-3H3,(H,32,33). The molecular formula is C31H41O6P. The van der Waals surface area contributed by atoms with Crippen molar-refractivity contribution < 1.29 is 28.0 Å². The normalized spacial score (nSPS) is 13.2. The van der Waals surface area contributed by atoms with E-state index in [9.17, 15) is 9.46 Å². The predicted molar refractivity (Wildman–Crippen MR) is 152 cm³/mol. The van der Waals surface area contributed by atoms with Crippen LogP contribution in [0.1, 0.15) is 75.0 Å². The molecule has 3 rings (SSSR count). The van der Waals surface area contributed by atoms with Gasteiger partial charge in [0.05, 0.1) is 20.8 Å². The number of phosphoric ester groups is 1. The zero-order chi connectivity index (χ0) is 27.3. The van der Waals surface area contributed by atoms with Crippen LogP contribution in [0.4, 0.5) is 0 Å². The second-order valence-corrected chi connectivity index (χ2v) is 10.7. The number of phosphoric acid groups is 1. The fourth-order valence-corrected chi connectivity index (χ4v) is 5.83. The molecule has 1 atom stereocenters. The van der Waals surface area contributed by atoms with Gasteiger partial charge in [0.2, 0.25) is 0 Å². The van der Waals surface area contributed by atoms with E-state index >= 15 is 0 Å². The Hall–Kier alpha value is -2.63. The highest BCUT2D eigenvalue weighted by molar-refractivity contribution is 7.47. The molecule has 0 aliphatic heterocycles. The third kappa shape index (κ3) is 7.70. The molecule has 7 heteroatoms. The molecule has 0 fully saturated rings. The van der Waals surface area contributed by atoms with Gasteiger partial charge in [0.25, 0.3) is 0 Å². The minimum Gasteiger partial charge on any atom is -0.493 e. The van der Waals surface area contributed by atoms with Crippen molar-refractivity contribution in [3.05, 3.63) is 95.6 Å². The summed E-state index contributed by atoms with van der Waals surface area (Å²) in [6.45, 7) is 2.35. The third-order valence-corrected chi connectivity index (χ3v) is 7.66.